The molecule has 0 aromatic heterocycles. The van der Waals surface area contributed by atoms with Crippen LogP contribution in [-0.2, 0) is 20.8 Å². The molecular formula is C24H23ClN2O3. The number of benzene rings is 2. The van der Waals surface area contributed by atoms with Gasteiger partial charge in [0, 0.05) is 17.1 Å². The van der Waals surface area contributed by atoms with Crippen molar-refractivity contribution in [3.8, 4) is 0 Å². The van der Waals surface area contributed by atoms with Crippen molar-refractivity contribution in [2.24, 2.45) is 23.7 Å². The number of likely N-dealkylation sites (tertiary alicyclic amines) is 1. The summed E-state index contributed by atoms with van der Waals surface area (Å²) in [6.07, 6.45) is 3.28. The average molecular weight is 423 g/mol. The lowest BCUT2D eigenvalue weighted by molar-refractivity contribution is -0.147. The van der Waals surface area contributed by atoms with E-state index < -0.39 is 6.04 Å². The maximum absolute atomic E-state index is 13.3. The molecule has 2 aromatic carbocycles. The summed E-state index contributed by atoms with van der Waals surface area (Å²) in [4.78, 5) is 41.2. The van der Waals surface area contributed by atoms with E-state index in [-0.39, 0.29) is 41.4 Å². The van der Waals surface area contributed by atoms with Crippen molar-refractivity contribution >= 4 is 35.0 Å². The first-order chi connectivity index (χ1) is 14.5. The van der Waals surface area contributed by atoms with Gasteiger partial charge in [-0.3, -0.25) is 19.3 Å². The van der Waals surface area contributed by atoms with Crippen LogP contribution in [0.2, 0.25) is 5.02 Å². The summed E-state index contributed by atoms with van der Waals surface area (Å²) in [6, 6.07) is 15.5. The van der Waals surface area contributed by atoms with E-state index in [1.54, 1.807) is 24.3 Å². The molecular weight excluding hydrogens is 400 g/mol. The van der Waals surface area contributed by atoms with Gasteiger partial charge in [-0.2, -0.15) is 0 Å². The summed E-state index contributed by atoms with van der Waals surface area (Å²) < 4.78 is 0. The van der Waals surface area contributed by atoms with Gasteiger partial charge in [0.05, 0.1) is 11.8 Å². The highest BCUT2D eigenvalue weighted by atomic mass is 35.5. The molecule has 30 heavy (non-hydrogen) atoms. The Labute approximate surface area is 180 Å². The average Bonchev–Trinajstić information content (AvgIpc) is 3.41. The number of amides is 3. The lowest BCUT2D eigenvalue weighted by atomic mass is 9.81. The van der Waals surface area contributed by atoms with Gasteiger partial charge in [0.25, 0.3) is 0 Å². The summed E-state index contributed by atoms with van der Waals surface area (Å²) in [5.74, 6) is -0.611. The molecule has 3 fully saturated rings. The Kier molecular flexibility index (Phi) is 4.86. The first-order valence-electron chi connectivity index (χ1n) is 10.5. The molecule has 1 aliphatic heterocycles. The van der Waals surface area contributed by atoms with E-state index in [1.807, 2.05) is 30.3 Å². The fraction of sp³-hybridized carbons (Fsp3) is 0.375. The van der Waals surface area contributed by atoms with E-state index in [2.05, 4.69) is 5.32 Å². The molecule has 5 rings (SSSR count). The number of halogens is 1. The Morgan fingerprint density at radius 1 is 1.00 bits per heavy atom. The molecule has 1 saturated heterocycles. The second-order valence-electron chi connectivity index (χ2n) is 8.64. The first kappa shape index (κ1) is 19.3. The Bertz CT molecular complexity index is 981. The molecule has 3 amide bonds. The molecule has 1 heterocycles. The van der Waals surface area contributed by atoms with Gasteiger partial charge in [0.1, 0.15) is 6.04 Å². The fourth-order valence-corrected chi connectivity index (χ4v) is 5.86. The van der Waals surface area contributed by atoms with E-state index in [4.69, 9.17) is 11.6 Å². The zero-order valence-corrected chi connectivity index (χ0v) is 17.2. The maximum atomic E-state index is 13.3. The van der Waals surface area contributed by atoms with Crippen LogP contribution < -0.4 is 5.32 Å². The van der Waals surface area contributed by atoms with Crippen LogP contribution in [0.1, 0.15) is 24.8 Å². The SMILES string of the molecule is O=C(Nc1cccc(Cl)c1)[C@@H](Cc1ccccc1)N1C(=O)[C@@H]2[C@H]3CC[C@@H](C3)[C@@H]2C1=O. The Morgan fingerprint density at radius 2 is 1.67 bits per heavy atom. The number of nitrogens with one attached hydrogen (secondary N) is 1. The Balaban J connectivity index is 1.46. The van der Waals surface area contributed by atoms with Gasteiger partial charge in [-0.25, -0.2) is 0 Å². The standard InChI is InChI=1S/C24H23ClN2O3/c25-17-7-4-8-18(13-17)26-22(28)19(11-14-5-2-1-3-6-14)27-23(29)20-15-9-10-16(12-15)21(20)24(27)30/h1-8,13,15-16,19-21H,9-12H2,(H,26,28)/t15-,16-,19+,20-,21+/m0/s1. The number of imide groups is 1. The molecule has 0 radical (unpaired) electrons. The van der Waals surface area contributed by atoms with E-state index >= 15 is 0 Å². The van der Waals surface area contributed by atoms with Crippen LogP contribution in [0.15, 0.2) is 54.6 Å². The minimum Gasteiger partial charge on any atom is -0.324 e. The van der Waals surface area contributed by atoms with Gasteiger partial charge in [0.15, 0.2) is 0 Å². The van der Waals surface area contributed by atoms with Crippen molar-refractivity contribution in [2.75, 3.05) is 5.32 Å². The Hall–Kier alpha value is -2.66. The molecule has 5 nitrogen and oxygen atoms in total. The summed E-state index contributed by atoms with van der Waals surface area (Å²) in [5.41, 5.74) is 1.45. The van der Waals surface area contributed by atoms with Crippen molar-refractivity contribution in [3.63, 3.8) is 0 Å². The van der Waals surface area contributed by atoms with Crippen LogP contribution in [0.3, 0.4) is 0 Å². The predicted molar refractivity (Wildman–Crippen MR) is 114 cm³/mol. The molecule has 1 N–H and O–H groups in total. The number of fused-ring (bicyclic) bond motifs is 5. The van der Waals surface area contributed by atoms with Crippen molar-refractivity contribution in [2.45, 2.75) is 31.7 Å². The molecule has 2 bridgehead atoms. The monoisotopic (exact) mass is 422 g/mol. The number of nitrogens with zero attached hydrogens (tertiary/aromatic N) is 1. The van der Waals surface area contributed by atoms with Crippen molar-refractivity contribution in [1.82, 2.24) is 4.90 Å². The van der Waals surface area contributed by atoms with E-state index in [9.17, 15) is 14.4 Å². The summed E-state index contributed by atoms with van der Waals surface area (Å²) in [5, 5.41) is 3.36. The van der Waals surface area contributed by atoms with E-state index in [0.717, 1.165) is 24.8 Å². The fourth-order valence-electron chi connectivity index (χ4n) is 5.67. The van der Waals surface area contributed by atoms with Crippen molar-refractivity contribution < 1.29 is 14.4 Å². The van der Waals surface area contributed by atoms with Crippen LogP contribution in [0.25, 0.3) is 0 Å². The molecule has 2 saturated carbocycles. The second kappa shape index (κ2) is 7.55. The molecule has 154 valence electrons. The molecule has 2 aliphatic carbocycles. The van der Waals surface area contributed by atoms with Gasteiger partial charge in [-0.15, -0.1) is 0 Å². The topological polar surface area (TPSA) is 66.5 Å². The second-order valence-corrected chi connectivity index (χ2v) is 9.07. The van der Waals surface area contributed by atoms with E-state index in [1.165, 1.54) is 4.90 Å². The van der Waals surface area contributed by atoms with Crippen LogP contribution >= 0.6 is 11.6 Å². The van der Waals surface area contributed by atoms with Gasteiger partial charge in [-0.05, 0) is 54.9 Å². The van der Waals surface area contributed by atoms with Crippen LogP contribution in [-0.4, -0.2) is 28.7 Å². The number of anilines is 1. The molecule has 2 aromatic rings. The van der Waals surface area contributed by atoms with Gasteiger partial charge in [-0.1, -0.05) is 48.0 Å². The highest BCUT2D eigenvalue weighted by molar-refractivity contribution is 6.30. The van der Waals surface area contributed by atoms with Gasteiger partial charge < -0.3 is 5.32 Å². The zero-order chi connectivity index (χ0) is 20.8. The number of hydrogen-bond acceptors (Lipinski definition) is 3. The number of carbonyl (C=O) groups excluding carboxylic acids is 3. The lowest BCUT2D eigenvalue weighted by Crippen LogP contribution is -2.49. The third kappa shape index (κ3) is 3.21. The highest BCUT2D eigenvalue weighted by Gasteiger charge is 2.62. The summed E-state index contributed by atoms with van der Waals surface area (Å²) in [6.45, 7) is 0. The Morgan fingerprint density at radius 3 is 2.30 bits per heavy atom. The number of rotatable bonds is 5. The molecule has 5 atom stereocenters. The molecule has 0 spiro atoms. The molecule has 0 unspecified atom stereocenters. The highest BCUT2D eigenvalue weighted by Crippen LogP contribution is 2.56. The smallest absolute Gasteiger partial charge is 0.248 e. The quantitative estimate of drug-likeness (QED) is 0.742. The third-order valence-corrected chi connectivity index (χ3v) is 7.18. The lowest BCUT2D eigenvalue weighted by Gasteiger charge is -2.27. The van der Waals surface area contributed by atoms with Crippen LogP contribution in [0.5, 0.6) is 0 Å². The van der Waals surface area contributed by atoms with E-state index in [0.29, 0.717) is 17.1 Å². The molecule has 6 heteroatoms. The normalized spacial score (nSPS) is 28.0. The largest absolute Gasteiger partial charge is 0.324 e. The van der Waals surface area contributed by atoms with Crippen LogP contribution in [0.4, 0.5) is 5.69 Å². The third-order valence-electron chi connectivity index (χ3n) is 6.94. The number of carbonyl (C=O) groups is 3. The zero-order valence-electron chi connectivity index (χ0n) is 16.5. The molecule has 3 aliphatic rings. The van der Waals surface area contributed by atoms with Gasteiger partial charge in [0.2, 0.25) is 17.7 Å². The van der Waals surface area contributed by atoms with Crippen LogP contribution in [0, 0.1) is 23.7 Å². The minimum atomic E-state index is -0.878. The van der Waals surface area contributed by atoms with Crippen molar-refractivity contribution in [3.05, 3.63) is 65.2 Å². The first-order valence-corrected chi connectivity index (χ1v) is 10.9. The minimum absolute atomic E-state index is 0.167. The summed E-state index contributed by atoms with van der Waals surface area (Å²) in [7, 11) is 0. The number of hydrogen-bond donors (Lipinski definition) is 1. The van der Waals surface area contributed by atoms with Gasteiger partial charge >= 0.3 is 0 Å². The van der Waals surface area contributed by atoms with Crippen molar-refractivity contribution in [1.29, 1.82) is 0 Å². The summed E-state index contributed by atoms with van der Waals surface area (Å²) >= 11 is 6.04. The maximum Gasteiger partial charge on any atom is 0.248 e. The predicted octanol–water partition coefficient (Wildman–Crippen LogP) is 3.92.